The number of nitrogens with zero attached hydrogens (tertiary/aromatic N) is 4. The Morgan fingerprint density at radius 3 is 2.85 bits per heavy atom. The molecule has 0 radical (unpaired) electrons. The number of thioether (sulfide) groups is 1. The average Bonchev–Trinajstić information content (AvgIpc) is 3.04. The first-order valence-electron chi connectivity index (χ1n) is 7.74. The van der Waals surface area contributed by atoms with E-state index >= 15 is 0 Å². The zero-order chi connectivity index (χ0) is 14.5. The minimum atomic E-state index is 0.213. The minimum absolute atomic E-state index is 0.213. The molecule has 2 rings (SSSR count). The fourth-order valence-electron chi connectivity index (χ4n) is 2.78. The van der Waals surface area contributed by atoms with Crippen LogP contribution in [0.25, 0.3) is 0 Å². The van der Waals surface area contributed by atoms with Crippen LogP contribution in [0.15, 0.2) is 0 Å². The maximum Gasteiger partial charge on any atom is 0.168 e. The Labute approximate surface area is 126 Å². The van der Waals surface area contributed by atoms with Crippen molar-refractivity contribution < 1.29 is 0 Å². The van der Waals surface area contributed by atoms with E-state index in [1.54, 1.807) is 0 Å². The summed E-state index contributed by atoms with van der Waals surface area (Å²) in [5.74, 6) is 2.82. The van der Waals surface area contributed by atoms with Crippen LogP contribution in [-0.2, 0) is 0 Å². The zero-order valence-corrected chi connectivity index (χ0v) is 13.9. The lowest BCUT2D eigenvalue weighted by Crippen LogP contribution is -2.27. The molecule has 1 aliphatic rings. The molecular weight excluding hydrogens is 270 g/mol. The lowest BCUT2D eigenvalue weighted by atomic mass is 10.2. The second-order valence-electron chi connectivity index (χ2n) is 6.05. The Morgan fingerprint density at radius 2 is 2.15 bits per heavy atom. The molecular formula is C14H27N5S. The smallest absolute Gasteiger partial charge is 0.168 e. The van der Waals surface area contributed by atoms with E-state index < -0.39 is 0 Å². The first-order chi connectivity index (χ1) is 9.61. The van der Waals surface area contributed by atoms with Crippen LogP contribution in [0.3, 0.4) is 0 Å². The standard InChI is InChI=1S/C14H27N5S/c1-5-20-13-7-6-12(8-13)19-14(16-17-18-19)11(4)15-9-10(2)3/h10-13,15H,5-9H2,1-4H3. The quantitative estimate of drug-likeness (QED) is 0.838. The summed E-state index contributed by atoms with van der Waals surface area (Å²) >= 11 is 2.07. The third-order valence-corrected chi connectivity index (χ3v) is 5.08. The molecule has 1 N–H and O–H groups in total. The van der Waals surface area contributed by atoms with Crippen molar-refractivity contribution in [2.75, 3.05) is 12.3 Å². The highest BCUT2D eigenvalue weighted by Gasteiger charge is 2.29. The summed E-state index contributed by atoms with van der Waals surface area (Å²) in [6.07, 6.45) is 3.69. The molecule has 0 aromatic carbocycles. The van der Waals surface area contributed by atoms with Gasteiger partial charge in [-0.15, -0.1) is 5.10 Å². The summed E-state index contributed by atoms with van der Waals surface area (Å²) in [5.41, 5.74) is 0. The second kappa shape index (κ2) is 7.41. The van der Waals surface area contributed by atoms with Gasteiger partial charge in [-0.05, 0) is 54.8 Å². The third-order valence-electron chi connectivity index (χ3n) is 3.84. The molecule has 1 aromatic heterocycles. The van der Waals surface area contributed by atoms with Crippen LogP contribution in [0, 0.1) is 5.92 Å². The van der Waals surface area contributed by atoms with Crippen LogP contribution in [-0.4, -0.2) is 37.8 Å². The van der Waals surface area contributed by atoms with Gasteiger partial charge in [0.2, 0.25) is 0 Å². The summed E-state index contributed by atoms with van der Waals surface area (Å²) in [5, 5.41) is 16.7. The SMILES string of the molecule is CCSC1CCC(n2nnnc2C(C)NCC(C)C)C1. The summed E-state index contributed by atoms with van der Waals surface area (Å²) in [4.78, 5) is 0. The van der Waals surface area contributed by atoms with Crippen LogP contribution in [0.5, 0.6) is 0 Å². The van der Waals surface area contributed by atoms with Gasteiger partial charge in [0, 0.05) is 5.25 Å². The summed E-state index contributed by atoms with van der Waals surface area (Å²) < 4.78 is 2.06. The van der Waals surface area contributed by atoms with Crippen molar-refractivity contribution in [3.8, 4) is 0 Å². The molecule has 0 amide bonds. The second-order valence-corrected chi connectivity index (χ2v) is 7.63. The predicted octanol–water partition coefficient (Wildman–Crippen LogP) is 2.83. The van der Waals surface area contributed by atoms with Crippen molar-refractivity contribution >= 4 is 11.8 Å². The molecule has 0 spiro atoms. The molecule has 1 fully saturated rings. The van der Waals surface area contributed by atoms with Gasteiger partial charge in [-0.2, -0.15) is 11.8 Å². The van der Waals surface area contributed by atoms with Gasteiger partial charge >= 0.3 is 0 Å². The highest BCUT2D eigenvalue weighted by Crippen LogP contribution is 2.37. The van der Waals surface area contributed by atoms with Gasteiger partial charge in [0.15, 0.2) is 5.82 Å². The van der Waals surface area contributed by atoms with Gasteiger partial charge in [-0.25, -0.2) is 4.68 Å². The van der Waals surface area contributed by atoms with Gasteiger partial charge in [0.25, 0.3) is 0 Å². The van der Waals surface area contributed by atoms with Crippen LogP contribution < -0.4 is 5.32 Å². The van der Waals surface area contributed by atoms with Crippen LogP contribution in [0.4, 0.5) is 0 Å². The van der Waals surface area contributed by atoms with Gasteiger partial charge in [0.1, 0.15) is 0 Å². The Hall–Kier alpha value is -0.620. The molecule has 1 saturated carbocycles. The summed E-state index contributed by atoms with van der Waals surface area (Å²) in [6, 6.07) is 0.692. The van der Waals surface area contributed by atoms with E-state index in [4.69, 9.17) is 0 Å². The summed E-state index contributed by atoms with van der Waals surface area (Å²) in [7, 11) is 0. The molecule has 3 unspecified atom stereocenters. The zero-order valence-electron chi connectivity index (χ0n) is 13.0. The molecule has 0 aliphatic heterocycles. The molecule has 3 atom stereocenters. The lowest BCUT2D eigenvalue weighted by Gasteiger charge is -2.18. The van der Waals surface area contributed by atoms with Crippen LogP contribution in [0.1, 0.15) is 64.9 Å². The van der Waals surface area contributed by atoms with Crippen LogP contribution in [0.2, 0.25) is 0 Å². The van der Waals surface area contributed by atoms with E-state index in [2.05, 4.69) is 65.0 Å². The van der Waals surface area contributed by atoms with E-state index in [1.165, 1.54) is 25.0 Å². The molecule has 1 aliphatic carbocycles. The van der Waals surface area contributed by atoms with Gasteiger partial charge in [-0.1, -0.05) is 20.8 Å². The van der Waals surface area contributed by atoms with E-state index in [-0.39, 0.29) is 6.04 Å². The highest BCUT2D eigenvalue weighted by atomic mass is 32.2. The first-order valence-corrected chi connectivity index (χ1v) is 8.79. The van der Waals surface area contributed by atoms with Crippen molar-refractivity contribution in [3.05, 3.63) is 5.82 Å². The van der Waals surface area contributed by atoms with E-state index in [0.29, 0.717) is 12.0 Å². The number of tetrazole rings is 1. The molecule has 114 valence electrons. The minimum Gasteiger partial charge on any atom is -0.307 e. The molecule has 20 heavy (non-hydrogen) atoms. The monoisotopic (exact) mass is 297 g/mol. The molecule has 6 heteroatoms. The average molecular weight is 297 g/mol. The lowest BCUT2D eigenvalue weighted by molar-refractivity contribution is 0.402. The van der Waals surface area contributed by atoms with Gasteiger partial charge < -0.3 is 5.32 Å². The van der Waals surface area contributed by atoms with Crippen molar-refractivity contribution in [3.63, 3.8) is 0 Å². The fourth-order valence-corrected chi connectivity index (χ4v) is 3.91. The fraction of sp³-hybridized carbons (Fsp3) is 0.929. The number of nitrogens with one attached hydrogen (secondary N) is 1. The van der Waals surface area contributed by atoms with Crippen molar-refractivity contribution in [1.29, 1.82) is 0 Å². The Bertz CT molecular complexity index is 406. The Balaban J connectivity index is 1.98. The maximum atomic E-state index is 4.25. The largest absolute Gasteiger partial charge is 0.307 e. The molecule has 5 nitrogen and oxygen atoms in total. The Morgan fingerprint density at radius 1 is 1.35 bits per heavy atom. The van der Waals surface area contributed by atoms with Crippen molar-refractivity contribution in [1.82, 2.24) is 25.5 Å². The topological polar surface area (TPSA) is 55.6 Å². The van der Waals surface area contributed by atoms with E-state index in [1.807, 2.05) is 0 Å². The molecule has 0 bridgehead atoms. The highest BCUT2D eigenvalue weighted by molar-refractivity contribution is 7.99. The van der Waals surface area contributed by atoms with Gasteiger partial charge in [-0.3, -0.25) is 0 Å². The molecule has 0 saturated heterocycles. The van der Waals surface area contributed by atoms with E-state index in [9.17, 15) is 0 Å². The number of aromatic nitrogens is 4. The number of hydrogen-bond donors (Lipinski definition) is 1. The predicted molar refractivity (Wildman–Crippen MR) is 83.9 cm³/mol. The normalized spacial score (nSPS) is 24.4. The number of rotatable bonds is 7. The van der Waals surface area contributed by atoms with Crippen molar-refractivity contribution in [2.24, 2.45) is 5.92 Å². The Kier molecular flexibility index (Phi) is 5.84. The molecule has 1 heterocycles. The summed E-state index contributed by atoms with van der Waals surface area (Å²) in [6.45, 7) is 9.81. The van der Waals surface area contributed by atoms with Crippen LogP contribution >= 0.6 is 11.8 Å². The molecule has 1 aromatic rings. The number of hydrogen-bond acceptors (Lipinski definition) is 5. The first kappa shape index (κ1) is 15.8. The van der Waals surface area contributed by atoms with Gasteiger partial charge in [0.05, 0.1) is 12.1 Å². The van der Waals surface area contributed by atoms with E-state index in [0.717, 1.165) is 17.6 Å². The maximum absolute atomic E-state index is 4.25. The third kappa shape index (κ3) is 3.95. The van der Waals surface area contributed by atoms with Crippen molar-refractivity contribution in [2.45, 2.75) is 64.3 Å².